The number of carbonyl (C=O) groups excluding carboxylic acids is 1. The Balaban J connectivity index is 0.000000148. The van der Waals surface area contributed by atoms with Gasteiger partial charge in [0.05, 0.1) is 6.33 Å². The molecule has 3 heteroatoms. The quantitative estimate of drug-likeness (QED) is 0.563. The Hall–Kier alpha value is -1.12. The molecule has 0 fully saturated rings. The normalized spacial score (nSPS) is 7.33. The molecule has 1 aromatic heterocycles. The van der Waals surface area contributed by atoms with Crippen LogP contribution in [0.2, 0.25) is 0 Å². The third-order valence-corrected chi connectivity index (χ3v) is 0.406. The topological polar surface area (TPSA) is 45.8 Å². The van der Waals surface area contributed by atoms with E-state index in [9.17, 15) is 4.79 Å². The largest absolute Gasteiger partial charge is 0.351 e. The predicted octanol–water partition coefficient (Wildman–Crippen LogP) is 1.00. The lowest BCUT2D eigenvalue weighted by Crippen LogP contribution is -1.69. The summed E-state index contributed by atoms with van der Waals surface area (Å²) in [4.78, 5) is 15.9. The lowest BCUT2D eigenvalue weighted by Gasteiger charge is -1.56. The summed E-state index contributed by atoms with van der Waals surface area (Å²) in [6.45, 7) is 3.06. The molecule has 1 aromatic rings. The van der Waals surface area contributed by atoms with Gasteiger partial charge in [0, 0.05) is 12.4 Å². The number of hydrogen-bond donors (Lipinski definition) is 1. The molecule has 1 heterocycles. The lowest BCUT2D eigenvalue weighted by atomic mass is 10.6. The summed E-state index contributed by atoms with van der Waals surface area (Å²) in [6, 6.07) is 0. The maximum absolute atomic E-state index is 9.44. The van der Waals surface area contributed by atoms with E-state index in [1.165, 1.54) is 13.8 Å². The van der Waals surface area contributed by atoms with Crippen LogP contribution in [0.5, 0.6) is 0 Å². The minimum Gasteiger partial charge on any atom is -0.351 e. The van der Waals surface area contributed by atoms with Gasteiger partial charge in [-0.25, -0.2) is 4.98 Å². The molecule has 3 nitrogen and oxygen atoms in total. The number of ketones is 1. The number of nitrogens with one attached hydrogen (secondary N) is 1. The molecule has 0 unspecified atom stereocenters. The molecule has 0 bridgehead atoms. The fourth-order valence-corrected chi connectivity index (χ4v) is 0.215. The Labute approximate surface area is 54.1 Å². The van der Waals surface area contributed by atoms with E-state index in [2.05, 4.69) is 9.97 Å². The number of aromatic nitrogens is 2. The molecular weight excluding hydrogens is 116 g/mol. The molecule has 50 valence electrons. The Kier molecular flexibility index (Phi) is 4.40. The first-order valence-electron chi connectivity index (χ1n) is 2.63. The van der Waals surface area contributed by atoms with E-state index in [4.69, 9.17) is 0 Å². The first-order valence-corrected chi connectivity index (χ1v) is 2.63. The Morgan fingerprint density at radius 3 is 2.22 bits per heavy atom. The molecule has 0 aromatic carbocycles. The van der Waals surface area contributed by atoms with Gasteiger partial charge < -0.3 is 9.78 Å². The maximum atomic E-state index is 9.44. The smallest absolute Gasteiger partial charge is 0.126 e. The van der Waals surface area contributed by atoms with Crippen LogP contribution in [0.15, 0.2) is 18.7 Å². The van der Waals surface area contributed by atoms with Crippen LogP contribution in [0.4, 0.5) is 0 Å². The van der Waals surface area contributed by atoms with Gasteiger partial charge in [0.25, 0.3) is 0 Å². The first-order chi connectivity index (χ1) is 4.23. The van der Waals surface area contributed by atoms with Crippen molar-refractivity contribution >= 4 is 5.78 Å². The van der Waals surface area contributed by atoms with Crippen molar-refractivity contribution in [3.05, 3.63) is 18.7 Å². The summed E-state index contributed by atoms with van der Waals surface area (Å²) in [5, 5.41) is 0. The van der Waals surface area contributed by atoms with Gasteiger partial charge in [-0.1, -0.05) is 0 Å². The highest BCUT2D eigenvalue weighted by Crippen LogP contribution is 1.62. The molecule has 0 aliphatic rings. The van der Waals surface area contributed by atoms with Crippen LogP contribution >= 0.6 is 0 Å². The van der Waals surface area contributed by atoms with Gasteiger partial charge in [-0.05, 0) is 13.8 Å². The molecule has 1 N–H and O–H groups in total. The average Bonchev–Trinajstić information content (AvgIpc) is 2.11. The van der Waals surface area contributed by atoms with Crippen LogP contribution in [-0.2, 0) is 4.79 Å². The zero-order valence-electron chi connectivity index (χ0n) is 5.59. The van der Waals surface area contributed by atoms with E-state index in [1.807, 2.05) is 0 Å². The first kappa shape index (κ1) is 7.88. The van der Waals surface area contributed by atoms with Gasteiger partial charge in [0.15, 0.2) is 0 Å². The van der Waals surface area contributed by atoms with Gasteiger partial charge in [-0.3, -0.25) is 0 Å². The molecule has 0 saturated carbocycles. The van der Waals surface area contributed by atoms with Crippen LogP contribution in [0.1, 0.15) is 13.8 Å². The highest BCUT2D eigenvalue weighted by atomic mass is 16.1. The summed E-state index contributed by atoms with van der Waals surface area (Å²) < 4.78 is 0. The SMILES string of the molecule is CC(C)=O.c1c[nH]cn1. The zero-order chi connectivity index (χ0) is 7.11. The second-order valence-electron chi connectivity index (χ2n) is 1.67. The van der Waals surface area contributed by atoms with Crippen molar-refractivity contribution in [3.8, 4) is 0 Å². The second-order valence-corrected chi connectivity index (χ2v) is 1.67. The van der Waals surface area contributed by atoms with Gasteiger partial charge in [0.2, 0.25) is 0 Å². The van der Waals surface area contributed by atoms with Crippen molar-refractivity contribution in [3.63, 3.8) is 0 Å². The number of carbonyl (C=O) groups is 1. The Morgan fingerprint density at radius 1 is 1.56 bits per heavy atom. The van der Waals surface area contributed by atoms with Gasteiger partial charge >= 0.3 is 0 Å². The summed E-state index contributed by atoms with van der Waals surface area (Å²) >= 11 is 0. The minimum absolute atomic E-state index is 0.167. The van der Waals surface area contributed by atoms with Crippen LogP contribution in [0.25, 0.3) is 0 Å². The number of imidazole rings is 1. The molecule has 0 radical (unpaired) electrons. The van der Waals surface area contributed by atoms with Crippen molar-refractivity contribution in [1.82, 2.24) is 9.97 Å². The van der Waals surface area contributed by atoms with Gasteiger partial charge in [0.1, 0.15) is 5.78 Å². The Morgan fingerprint density at radius 2 is 2.11 bits per heavy atom. The van der Waals surface area contributed by atoms with Gasteiger partial charge in [-0.2, -0.15) is 0 Å². The number of Topliss-reactive ketones (excluding diaryl/α,β-unsaturated/α-hetero) is 1. The molecule has 0 saturated heterocycles. The van der Waals surface area contributed by atoms with Crippen molar-refractivity contribution in [2.45, 2.75) is 13.8 Å². The van der Waals surface area contributed by atoms with E-state index in [0.29, 0.717) is 0 Å². The molecule has 0 aliphatic heterocycles. The monoisotopic (exact) mass is 126 g/mol. The summed E-state index contributed by atoms with van der Waals surface area (Å²) in [6.07, 6.45) is 5.08. The van der Waals surface area contributed by atoms with Crippen LogP contribution < -0.4 is 0 Å². The molecule has 0 aliphatic carbocycles. The Bertz CT molecular complexity index is 125. The molecule has 0 atom stereocenters. The van der Waals surface area contributed by atoms with E-state index in [1.54, 1.807) is 18.7 Å². The fraction of sp³-hybridized carbons (Fsp3) is 0.333. The number of hydrogen-bond acceptors (Lipinski definition) is 2. The predicted molar refractivity (Wildman–Crippen MR) is 34.9 cm³/mol. The van der Waals surface area contributed by atoms with E-state index >= 15 is 0 Å². The van der Waals surface area contributed by atoms with Crippen molar-refractivity contribution in [1.29, 1.82) is 0 Å². The minimum atomic E-state index is 0.167. The standard InChI is InChI=1S/C3H4N2.C3H6O/c1-2-5-3-4-1;1-3(2)4/h1-3H,(H,4,5);1-2H3. The highest BCUT2D eigenvalue weighted by molar-refractivity contribution is 5.72. The van der Waals surface area contributed by atoms with Crippen molar-refractivity contribution < 1.29 is 4.79 Å². The van der Waals surface area contributed by atoms with Gasteiger partial charge in [-0.15, -0.1) is 0 Å². The lowest BCUT2D eigenvalue weighted by molar-refractivity contribution is -0.114. The third kappa shape index (κ3) is 10.9. The third-order valence-electron chi connectivity index (χ3n) is 0.406. The molecule has 1 rings (SSSR count). The van der Waals surface area contributed by atoms with Crippen LogP contribution in [0, 0.1) is 0 Å². The number of nitrogens with zero attached hydrogens (tertiary/aromatic N) is 1. The van der Waals surface area contributed by atoms with E-state index in [0.717, 1.165) is 0 Å². The van der Waals surface area contributed by atoms with E-state index in [-0.39, 0.29) is 5.78 Å². The number of aromatic amines is 1. The van der Waals surface area contributed by atoms with Crippen molar-refractivity contribution in [2.75, 3.05) is 0 Å². The van der Waals surface area contributed by atoms with Crippen LogP contribution in [0.3, 0.4) is 0 Å². The van der Waals surface area contributed by atoms with Crippen LogP contribution in [-0.4, -0.2) is 15.8 Å². The second kappa shape index (κ2) is 5.03. The number of H-pyrrole nitrogens is 1. The zero-order valence-corrected chi connectivity index (χ0v) is 5.59. The molecular formula is C6H10N2O. The fourth-order valence-electron chi connectivity index (χ4n) is 0.215. The number of rotatable bonds is 0. The highest BCUT2D eigenvalue weighted by Gasteiger charge is 1.62. The summed E-state index contributed by atoms with van der Waals surface area (Å²) in [5.41, 5.74) is 0. The van der Waals surface area contributed by atoms with E-state index < -0.39 is 0 Å². The summed E-state index contributed by atoms with van der Waals surface area (Å²) in [5.74, 6) is 0.167. The summed E-state index contributed by atoms with van der Waals surface area (Å²) in [7, 11) is 0. The van der Waals surface area contributed by atoms with Crippen molar-refractivity contribution in [2.24, 2.45) is 0 Å². The molecule has 0 spiro atoms. The average molecular weight is 126 g/mol. The maximum Gasteiger partial charge on any atom is 0.126 e. The molecule has 9 heavy (non-hydrogen) atoms. The molecule has 0 amide bonds.